The number of pyridine rings is 1. The molecule has 132 valence electrons. The molecule has 6 nitrogen and oxygen atoms in total. The molecular weight excluding hydrogens is 344 g/mol. The van der Waals surface area contributed by atoms with Crippen LogP contribution in [0.25, 0.3) is 0 Å². The molecule has 1 atom stereocenters. The molecule has 1 N–H and O–H groups in total. The molecule has 1 aromatic carbocycles. The summed E-state index contributed by atoms with van der Waals surface area (Å²) in [7, 11) is 0. The van der Waals surface area contributed by atoms with Gasteiger partial charge in [-0.1, -0.05) is 17.7 Å². The Morgan fingerprint density at radius 2 is 1.92 bits per heavy atom. The van der Waals surface area contributed by atoms with Crippen LogP contribution >= 0.6 is 11.6 Å². The van der Waals surface area contributed by atoms with Crippen LogP contribution in [0.5, 0.6) is 5.75 Å². The smallest absolute Gasteiger partial charge is 0.347 e. The van der Waals surface area contributed by atoms with E-state index in [0.717, 1.165) is 0 Å². The zero-order valence-corrected chi connectivity index (χ0v) is 14.9. The van der Waals surface area contributed by atoms with Crippen LogP contribution in [0, 0.1) is 0 Å². The summed E-state index contributed by atoms with van der Waals surface area (Å²) >= 11 is 5.93. The van der Waals surface area contributed by atoms with Gasteiger partial charge in [0.1, 0.15) is 5.75 Å². The maximum Gasteiger partial charge on any atom is 0.347 e. The summed E-state index contributed by atoms with van der Waals surface area (Å²) in [6.07, 6.45) is 0.526. The molecule has 0 aliphatic rings. The number of amides is 1. The number of hydrogen-bond acceptors (Lipinski definition) is 5. The van der Waals surface area contributed by atoms with Crippen LogP contribution in [0.15, 0.2) is 42.6 Å². The maximum atomic E-state index is 12.3. The van der Waals surface area contributed by atoms with Crippen LogP contribution < -0.4 is 10.1 Å². The molecule has 0 spiro atoms. The minimum absolute atomic E-state index is 0.202. The molecule has 0 saturated carbocycles. The zero-order chi connectivity index (χ0) is 18.4. The summed E-state index contributed by atoms with van der Waals surface area (Å²) in [6.45, 7) is 5.12. The number of nitrogens with zero attached hydrogens (tertiary/aromatic N) is 1. The number of halogens is 1. The SMILES string of the molecule is CC(C)OC(=O)C(C)Oc1cccc(C(=O)Nc2cccnc2Cl)c1. The number of ether oxygens (including phenoxy) is 2. The summed E-state index contributed by atoms with van der Waals surface area (Å²) in [5, 5.41) is 2.88. The summed E-state index contributed by atoms with van der Waals surface area (Å²) in [5.41, 5.74) is 0.774. The lowest BCUT2D eigenvalue weighted by Gasteiger charge is -2.16. The van der Waals surface area contributed by atoms with Gasteiger partial charge in [0.2, 0.25) is 0 Å². The highest BCUT2D eigenvalue weighted by atomic mass is 35.5. The van der Waals surface area contributed by atoms with Gasteiger partial charge in [0.25, 0.3) is 5.91 Å². The van der Waals surface area contributed by atoms with Crippen molar-refractivity contribution in [3.05, 3.63) is 53.3 Å². The van der Waals surface area contributed by atoms with E-state index in [0.29, 0.717) is 17.0 Å². The van der Waals surface area contributed by atoms with Crippen molar-refractivity contribution in [2.45, 2.75) is 33.0 Å². The third kappa shape index (κ3) is 5.46. The standard InChI is InChI=1S/C18H19ClN2O4/c1-11(2)24-18(23)12(3)25-14-7-4-6-13(10-14)17(22)21-15-8-5-9-20-16(15)19/h4-12H,1-3H3,(H,21,22). The lowest BCUT2D eigenvalue weighted by molar-refractivity contribution is -0.154. The van der Waals surface area contributed by atoms with E-state index in [9.17, 15) is 9.59 Å². The molecule has 0 bridgehead atoms. The zero-order valence-electron chi connectivity index (χ0n) is 14.2. The van der Waals surface area contributed by atoms with Crippen molar-refractivity contribution in [1.82, 2.24) is 4.98 Å². The Bertz CT molecular complexity index is 764. The molecule has 1 unspecified atom stereocenters. The fourth-order valence-electron chi connectivity index (χ4n) is 1.96. The molecular formula is C18H19ClN2O4. The number of carbonyl (C=O) groups excluding carboxylic acids is 2. The molecule has 2 rings (SSSR count). The van der Waals surface area contributed by atoms with Gasteiger partial charge in [0, 0.05) is 11.8 Å². The fraction of sp³-hybridized carbons (Fsp3) is 0.278. The van der Waals surface area contributed by atoms with Crippen molar-refractivity contribution in [3.63, 3.8) is 0 Å². The first-order chi connectivity index (χ1) is 11.9. The van der Waals surface area contributed by atoms with E-state index in [-0.39, 0.29) is 17.2 Å². The first kappa shape index (κ1) is 18.7. The highest BCUT2D eigenvalue weighted by Crippen LogP contribution is 2.20. The lowest BCUT2D eigenvalue weighted by atomic mass is 10.2. The third-order valence-electron chi connectivity index (χ3n) is 3.10. The van der Waals surface area contributed by atoms with Crippen LogP contribution in [0.2, 0.25) is 5.15 Å². The predicted molar refractivity (Wildman–Crippen MR) is 95.0 cm³/mol. The van der Waals surface area contributed by atoms with Gasteiger partial charge in [0.05, 0.1) is 11.8 Å². The Kier molecular flexibility index (Phi) is 6.36. The summed E-state index contributed by atoms with van der Waals surface area (Å²) in [4.78, 5) is 28.0. The normalized spacial score (nSPS) is 11.7. The lowest BCUT2D eigenvalue weighted by Crippen LogP contribution is -2.28. The predicted octanol–water partition coefficient (Wildman–Crippen LogP) is 3.71. The molecule has 2 aromatic rings. The summed E-state index contributed by atoms with van der Waals surface area (Å²) < 4.78 is 10.6. The fourth-order valence-corrected chi connectivity index (χ4v) is 2.13. The van der Waals surface area contributed by atoms with E-state index in [4.69, 9.17) is 21.1 Å². The first-order valence-electron chi connectivity index (χ1n) is 7.76. The van der Waals surface area contributed by atoms with Gasteiger partial charge in [0.15, 0.2) is 11.3 Å². The number of hydrogen-bond donors (Lipinski definition) is 1. The van der Waals surface area contributed by atoms with Crippen LogP contribution in [-0.2, 0) is 9.53 Å². The second-order valence-electron chi connectivity index (χ2n) is 5.57. The number of anilines is 1. The summed E-state index contributed by atoms with van der Waals surface area (Å²) in [5.74, 6) is -0.442. The topological polar surface area (TPSA) is 77.5 Å². The number of esters is 1. The van der Waals surface area contributed by atoms with E-state index in [1.807, 2.05) is 0 Å². The molecule has 0 saturated heterocycles. The number of aromatic nitrogens is 1. The largest absolute Gasteiger partial charge is 0.479 e. The van der Waals surface area contributed by atoms with Gasteiger partial charge < -0.3 is 14.8 Å². The third-order valence-corrected chi connectivity index (χ3v) is 3.40. The molecule has 0 fully saturated rings. The van der Waals surface area contributed by atoms with Crippen molar-refractivity contribution < 1.29 is 19.1 Å². The number of nitrogens with one attached hydrogen (secondary N) is 1. The Balaban J connectivity index is 2.06. The monoisotopic (exact) mass is 362 g/mol. The van der Waals surface area contributed by atoms with Gasteiger partial charge in [-0.3, -0.25) is 4.79 Å². The second kappa shape index (κ2) is 8.48. The van der Waals surface area contributed by atoms with Gasteiger partial charge >= 0.3 is 5.97 Å². The van der Waals surface area contributed by atoms with E-state index in [2.05, 4.69) is 10.3 Å². The minimum atomic E-state index is -0.784. The maximum absolute atomic E-state index is 12.3. The highest BCUT2D eigenvalue weighted by Gasteiger charge is 2.18. The van der Waals surface area contributed by atoms with E-state index < -0.39 is 12.1 Å². The molecule has 0 radical (unpaired) electrons. The molecule has 0 aliphatic carbocycles. The molecule has 1 aromatic heterocycles. The number of rotatable bonds is 6. The summed E-state index contributed by atoms with van der Waals surface area (Å²) in [6, 6.07) is 9.81. The quantitative estimate of drug-likeness (QED) is 0.626. The van der Waals surface area contributed by atoms with Gasteiger partial charge in [-0.05, 0) is 51.1 Å². The van der Waals surface area contributed by atoms with Crippen molar-refractivity contribution >= 4 is 29.2 Å². The Morgan fingerprint density at radius 1 is 1.16 bits per heavy atom. The van der Waals surface area contributed by atoms with E-state index >= 15 is 0 Å². The van der Waals surface area contributed by atoms with Gasteiger partial charge in [-0.15, -0.1) is 0 Å². The van der Waals surface area contributed by atoms with Crippen molar-refractivity contribution in [1.29, 1.82) is 0 Å². The Morgan fingerprint density at radius 3 is 2.60 bits per heavy atom. The number of benzene rings is 1. The Labute approximate surface area is 151 Å². The van der Waals surface area contributed by atoms with Gasteiger partial charge in [-0.2, -0.15) is 0 Å². The second-order valence-corrected chi connectivity index (χ2v) is 5.93. The molecule has 1 heterocycles. The van der Waals surface area contributed by atoms with E-state index in [1.165, 1.54) is 6.20 Å². The van der Waals surface area contributed by atoms with Crippen LogP contribution in [-0.4, -0.2) is 29.1 Å². The minimum Gasteiger partial charge on any atom is -0.479 e. The first-order valence-corrected chi connectivity index (χ1v) is 8.13. The molecule has 0 aliphatic heterocycles. The van der Waals surface area contributed by atoms with Gasteiger partial charge in [-0.25, -0.2) is 9.78 Å². The van der Waals surface area contributed by atoms with Crippen molar-refractivity contribution in [3.8, 4) is 5.75 Å². The van der Waals surface area contributed by atoms with E-state index in [1.54, 1.807) is 57.2 Å². The molecule has 25 heavy (non-hydrogen) atoms. The van der Waals surface area contributed by atoms with Crippen molar-refractivity contribution in [2.24, 2.45) is 0 Å². The van der Waals surface area contributed by atoms with Crippen molar-refractivity contribution in [2.75, 3.05) is 5.32 Å². The molecule has 7 heteroatoms. The number of carbonyl (C=O) groups is 2. The van der Waals surface area contributed by atoms with Crippen LogP contribution in [0.3, 0.4) is 0 Å². The Hall–Kier alpha value is -2.60. The van der Waals surface area contributed by atoms with Crippen LogP contribution in [0.4, 0.5) is 5.69 Å². The molecule has 1 amide bonds. The average molecular weight is 363 g/mol. The van der Waals surface area contributed by atoms with Crippen LogP contribution in [0.1, 0.15) is 31.1 Å². The highest BCUT2D eigenvalue weighted by molar-refractivity contribution is 6.32. The average Bonchev–Trinajstić information content (AvgIpc) is 2.56.